The van der Waals surface area contributed by atoms with E-state index < -0.39 is 0 Å². The summed E-state index contributed by atoms with van der Waals surface area (Å²) in [5, 5.41) is 7.23. The molecule has 0 fully saturated rings. The lowest BCUT2D eigenvalue weighted by molar-refractivity contribution is 1.48. The van der Waals surface area contributed by atoms with Crippen molar-refractivity contribution in [2.75, 3.05) is 0 Å². The van der Waals surface area contributed by atoms with Crippen molar-refractivity contribution in [2.45, 2.75) is 13.8 Å². The molecule has 6 aromatic carbocycles. The van der Waals surface area contributed by atoms with Gasteiger partial charge in [-0.15, -0.1) is 0 Å². The van der Waals surface area contributed by atoms with Crippen LogP contribution in [0.3, 0.4) is 0 Å². The molecule has 0 aromatic heterocycles. The normalized spacial score (nSPS) is 15.1. The van der Waals surface area contributed by atoms with E-state index in [-0.39, 0.29) is 0 Å². The van der Waals surface area contributed by atoms with Crippen LogP contribution in [-0.4, -0.2) is 11.4 Å². The Labute approximate surface area is 210 Å². The van der Waals surface area contributed by atoms with Crippen molar-refractivity contribution in [3.63, 3.8) is 0 Å². The molecule has 0 amide bonds. The predicted octanol–water partition coefficient (Wildman–Crippen LogP) is 9.02. The third-order valence-electron chi connectivity index (χ3n) is 7.34. The minimum absolute atomic E-state index is 0.931. The minimum atomic E-state index is 0.931. The van der Waals surface area contributed by atoms with Gasteiger partial charge in [-0.25, -0.2) is 9.98 Å². The fourth-order valence-electron chi connectivity index (χ4n) is 5.52. The lowest BCUT2D eigenvalue weighted by Gasteiger charge is -2.09. The molecule has 7 rings (SSSR count). The highest BCUT2D eigenvalue weighted by Gasteiger charge is 2.27. The molecule has 170 valence electrons. The molecular formula is C34H24N2. The third kappa shape index (κ3) is 3.11. The molecule has 0 aliphatic heterocycles. The molecule has 1 aliphatic rings. The van der Waals surface area contributed by atoms with Gasteiger partial charge >= 0.3 is 0 Å². The topological polar surface area (TPSA) is 24.7 Å². The lowest BCUT2D eigenvalue weighted by atomic mass is 10.0. The summed E-state index contributed by atoms with van der Waals surface area (Å²) in [5.41, 5.74) is 8.60. The first-order valence-corrected chi connectivity index (χ1v) is 12.4. The molecule has 2 heteroatoms. The number of rotatable bonds is 2. The summed E-state index contributed by atoms with van der Waals surface area (Å²) in [6.07, 6.45) is 0. The van der Waals surface area contributed by atoms with E-state index in [1.54, 1.807) is 0 Å². The number of fused-ring (bicyclic) bond motifs is 2. The second kappa shape index (κ2) is 8.00. The van der Waals surface area contributed by atoms with E-state index in [1.165, 1.54) is 32.7 Å². The molecule has 36 heavy (non-hydrogen) atoms. The summed E-state index contributed by atoms with van der Waals surface area (Å²) in [7, 11) is 0. The highest BCUT2D eigenvalue weighted by Crippen LogP contribution is 2.37. The molecule has 1 aliphatic carbocycles. The lowest BCUT2D eigenvalue weighted by Crippen LogP contribution is -2.10. The molecule has 0 saturated carbocycles. The van der Waals surface area contributed by atoms with Crippen LogP contribution in [0.25, 0.3) is 32.3 Å². The molecule has 0 radical (unpaired) electrons. The summed E-state index contributed by atoms with van der Waals surface area (Å²) in [6.45, 7) is 4.31. The van der Waals surface area contributed by atoms with Crippen molar-refractivity contribution in [2.24, 2.45) is 9.98 Å². The standard InChI is InChI=1S/C34H24N2/c1-21-17-19-30(26-13-5-3-11-24(21)26)35-33-28-15-7-9-23-10-8-16-29(32(23)28)34(33)36-31-20-18-22(2)25-12-4-6-14-27(25)31/h3-20H,1-2H3. The van der Waals surface area contributed by atoms with Crippen LogP contribution >= 0.6 is 0 Å². The molecule has 0 heterocycles. The highest BCUT2D eigenvalue weighted by molar-refractivity contribution is 6.61. The van der Waals surface area contributed by atoms with Gasteiger partial charge in [0.1, 0.15) is 0 Å². The van der Waals surface area contributed by atoms with Crippen LogP contribution in [0.4, 0.5) is 11.4 Å². The number of benzene rings is 6. The van der Waals surface area contributed by atoms with Gasteiger partial charge in [-0.2, -0.15) is 0 Å². The number of hydrogen-bond acceptors (Lipinski definition) is 2. The first-order chi connectivity index (χ1) is 17.7. The van der Waals surface area contributed by atoms with Gasteiger partial charge < -0.3 is 0 Å². The van der Waals surface area contributed by atoms with E-state index in [2.05, 4.69) is 123 Å². The quantitative estimate of drug-likeness (QED) is 0.246. The molecule has 0 atom stereocenters. The molecule has 2 nitrogen and oxygen atoms in total. The third-order valence-corrected chi connectivity index (χ3v) is 7.34. The van der Waals surface area contributed by atoms with E-state index in [0.717, 1.165) is 44.7 Å². The maximum atomic E-state index is 5.33. The monoisotopic (exact) mass is 460 g/mol. The van der Waals surface area contributed by atoms with Crippen molar-refractivity contribution in [3.05, 3.63) is 131 Å². The SMILES string of the molecule is Cc1ccc(N=C2C(=Nc3ccc(C)c4ccccc34)c3cccc4cccc2c34)c2ccccc12. The minimum Gasteiger partial charge on any atom is -0.245 e. The van der Waals surface area contributed by atoms with Gasteiger partial charge in [0, 0.05) is 27.3 Å². The van der Waals surface area contributed by atoms with Gasteiger partial charge in [0.25, 0.3) is 0 Å². The fraction of sp³-hybridized carbons (Fsp3) is 0.0588. The summed E-state index contributed by atoms with van der Waals surface area (Å²) < 4.78 is 0. The Kier molecular flexibility index (Phi) is 4.62. The fourth-order valence-corrected chi connectivity index (χ4v) is 5.52. The zero-order valence-electron chi connectivity index (χ0n) is 20.3. The second-order valence-electron chi connectivity index (χ2n) is 9.52. The van der Waals surface area contributed by atoms with Crippen molar-refractivity contribution >= 4 is 55.1 Å². The second-order valence-corrected chi connectivity index (χ2v) is 9.52. The first kappa shape index (κ1) is 20.8. The van der Waals surface area contributed by atoms with Crippen molar-refractivity contribution in [1.29, 1.82) is 0 Å². The maximum absolute atomic E-state index is 5.33. The predicted molar refractivity (Wildman–Crippen MR) is 154 cm³/mol. The highest BCUT2D eigenvalue weighted by atomic mass is 14.8. The van der Waals surface area contributed by atoms with Crippen LogP contribution < -0.4 is 0 Å². The smallest absolute Gasteiger partial charge is 0.0979 e. The van der Waals surface area contributed by atoms with Crippen LogP contribution in [0, 0.1) is 13.8 Å². The Morgan fingerprint density at radius 3 is 1.33 bits per heavy atom. The Morgan fingerprint density at radius 1 is 0.417 bits per heavy atom. The number of aliphatic imine (C=N–C) groups is 2. The molecule has 6 aromatic rings. The Bertz CT molecular complexity index is 1770. The van der Waals surface area contributed by atoms with Gasteiger partial charge in [-0.1, -0.05) is 97.1 Å². The summed E-state index contributed by atoms with van der Waals surface area (Å²) in [5.74, 6) is 0. The molecule has 0 N–H and O–H groups in total. The van der Waals surface area contributed by atoms with Crippen LogP contribution in [-0.2, 0) is 0 Å². The average molecular weight is 461 g/mol. The van der Waals surface area contributed by atoms with Crippen LogP contribution in [0.15, 0.2) is 119 Å². The number of aryl methyl sites for hydroxylation is 2. The van der Waals surface area contributed by atoms with Gasteiger partial charge in [-0.3, -0.25) is 0 Å². The first-order valence-electron chi connectivity index (χ1n) is 12.4. The van der Waals surface area contributed by atoms with E-state index in [9.17, 15) is 0 Å². The van der Waals surface area contributed by atoms with Gasteiger partial charge in [-0.05, 0) is 53.3 Å². The van der Waals surface area contributed by atoms with Crippen molar-refractivity contribution in [3.8, 4) is 0 Å². The molecule has 0 spiro atoms. The number of hydrogen-bond donors (Lipinski definition) is 0. The number of nitrogens with zero attached hydrogens (tertiary/aromatic N) is 2. The van der Waals surface area contributed by atoms with E-state index in [1.807, 2.05) is 0 Å². The van der Waals surface area contributed by atoms with Crippen molar-refractivity contribution < 1.29 is 0 Å². The summed E-state index contributed by atoms with van der Waals surface area (Å²) >= 11 is 0. The average Bonchev–Trinajstić information content (AvgIpc) is 3.21. The zero-order valence-corrected chi connectivity index (χ0v) is 20.3. The Hall–Kier alpha value is -4.56. The van der Waals surface area contributed by atoms with E-state index >= 15 is 0 Å². The molecule has 0 bridgehead atoms. The Balaban J connectivity index is 1.54. The van der Waals surface area contributed by atoms with Crippen molar-refractivity contribution in [1.82, 2.24) is 0 Å². The Morgan fingerprint density at radius 2 is 0.861 bits per heavy atom. The van der Waals surface area contributed by atoms with Gasteiger partial charge in [0.2, 0.25) is 0 Å². The molecule has 0 saturated heterocycles. The van der Waals surface area contributed by atoms with Crippen LogP contribution in [0.5, 0.6) is 0 Å². The zero-order chi connectivity index (χ0) is 24.2. The van der Waals surface area contributed by atoms with E-state index in [0.29, 0.717) is 0 Å². The summed E-state index contributed by atoms with van der Waals surface area (Å²) in [4.78, 5) is 10.7. The van der Waals surface area contributed by atoms with E-state index in [4.69, 9.17) is 9.98 Å². The van der Waals surface area contributed by atoms with Crippen LogP contribution in [0.2, 0.25) is 0 Å². The maximum Gasteiger partial charge on any atom is 0.0979 e. The van der Waals surface area contributed by atoms with Gasteiger partial charge in [0.05, 0.1) is 22.8 Å². The summed E-state index contributed by atoms with van der Waals surface area (Å²) in [6, 6.07) is 38.5. The van der Waals surface area contributed by atoms with Gasteiger partial charge in [0.15, 0.2) is 0 Å². The molecule has 0 unspecified atom stereocenters. The molecular weight excluding hydrogens is 436 g/mol. The largest absolute Gasteiger partial charge is 0.245 e. The van der Waals surface area contributed by atoms with Crippen LogP contribution in [0.1, 0.15) is 22.3 Å².